The fourth-order valence-electron chi connectivity index (χ4n) is 2.09. The minimum Gasteiger partial charge on any atom is -0.493 e. The zero-order valence-electron chi connectivity index (χ0n) is 10.9. The van der Waals surface area contributed by atoms with Gasteiger partial charge in [-0.1, -0.05) is 0 Å². The molecule has 4 heteroatoms. The van der Waals surface area contributed by atoms with Crippen LogP contribution in [-0.4, -0.2) is 12.7 Å². The Morgan fingerprint density at radius 2 is 2.21 bits per heavy atom. The van der Waals surface area contributed by atoms with Crippen molar-refractivity contribution < 1.29 is 9.47 Å². The monoisotopic (exact) mass is 254 g/mol. The molecule has 0 bridgehead atoms. The number of nitrogens with zero attached hydrogens (tertiary/aromatic N) is 2. The molecule has 0 aliphatic carbocycles. The lowest BCUT2D eigenvalue weighted by Gasteiger charge is -2.09. The van der Waals surface area contributed by atoms with Crippen LogP contribution < -0.4 is 9.47 Å². The molecule has 0 N–H and O–H groups in total. The third kappa shape index (κ3) is 2.69. The fraction of sp³-hybridized carbons (Fsp3) is 0.333. The molecule has 0 amide bonds. The summed E-state index contributed by atoms with van der Waals surface area (Å²) in [6.07, 6.45) is 2.52. The molecule has 1 aromatic carbocycles. The first-order valence-electron chi connectivity index (χ1n) is 6.16. The van der Waals surface area contributed by atoms with E-state index >= 15 is 0 Å². The van der Waals surface area contributed by atoms with E-state index in [-0.39, 0.29) is 11.7 Å². The molecule has 1 aliphatic rings. The summed E-state index contributed by atoms with van der Waals surface area (Å²) < 4.78 is 11.2. The van der Waals surface area contributed by atoms with Crippen LogP contribution in [0.15, 0.2) is 17.7 Å². The number of benzene rings is 1. The van der Waals surface area contributed by atoms with Gasteiger partial charge >= 0.3 is 0 Å². The van der Waals surface area contributed by atoms with Gasteiger partial charge in [0.2, 0.25) is 0 Å². The van der Waals surface area contributed by atoms with Crippen LogP contribution in [0.1, 0.15) is 25.0 Å². The Balaban J connectivity index is 2.48. The lowest BCUT2D eigenvalue weighted by atomic mass is 10.0. The third-order valence-corrected chi connectivity index (χ3v) is 2.87. The van der Waals surface area contributed by atoms with E-state index in [1.807, 2.05) is 38.1 Å². The number of hydrogen-bond donors (Lipinski definition) is 0. The summed E-state index contributed by atoms with van der Waals surface area (Å²) >= 11 is 0. The maximum atomic E-state index is 8.83. The third-order valence-electron chi connectivity index (χ3n) is 2.87. The van der Waals surface area contributed by atoms with Crippen LogP contribution >= 0.6 is 0 Å². The molecule has 1 aliphatic heterocycles. The van der Waals surface area contributed by atoms with Gasteiger partial charge in [-0.15, -0.1) is 0 Å². The first kappa shape index (κ1) is 13.0. The summed E-state index contributed by atoms with van der Waals surface area (Å²) in [5.41, 5.74) is 1.85. The summed E-state index contributed by atoms with van der Waals surface area (Å²) in [6.45, 7) is 4.44. The van der Waals surface area contributed by atoms with Crippen LogP contribution in [0, 0.1) is 22.7 Å². The van der Waals surface area contributed by atoms with E-state index in [0.29, 0.717) is 17.9 Å². The van der Waals surface area contributed by atoms with Crippen LogP contribution in [0.25, 0.3) is 6.08 Å². The average Bonchev–Trinajstić information content (AvgIpc) is 2.75. The molecule has 0 fully saturated rings. The predicted molar refractivity (Wildman–Crippen MR) is 70.6 cm³/mol. The Kier molecular flexibility index (Phi) is 3.73. The van der Waals surface area contributed by atoms with Crippen molar-refractivity contribution in [1.29, 1.82) is 10.5 Å². The number of hydrogen-bond acceptors (Lipinski definition) is 4. The van der Waals surface area contributed by atoms with Crippen molar-refractivity contribution in [3.8, 4) is 23.6 Å². The van der Waals surface area contributed by atoms with Gasteiger partial charge in [-0.25, -0.2) is 0 Å². The second-order valence-electron chi connectivity index (χ2n) is 4.34. The highest BCUT2D eigenvalue weighted by Gasteiger charge is 2.21. The Labute approximate surface area is 112 Å². The van der Waals surface area contributed by atoms with Gasteiger partial charge in [0.15, 0.2) is 0 Å². The fourth-order valence-corrected chi connectivity index (χ4v) is 2.09. The quantitative estimate of drug-likeness (QED) is 0.778. The number of nitriles is 2. The number of allylic oxidation sites excluding steroid dienone is 1. The highest BCUT2D eigenvalue weighted by Crippen LogP contribution is 2.36. The molecule has 2 rings (SSSR count). The second-order valence-corrected chi connectivity index (χ2v) is 4.34. The van der Waals surface area contributed by atoms with E-state index in [9.17, 15) is 0 Å². The Morgan fingerprint density at radius 1 is 1.47 bits per heavy atom. The van der Waals surface area contributed by atoms with Gasteiger partial charge in [-0.2, -0.15) is 10.5 Å². The minimum absolute atomic E-state index is 0.0481. The molecule has 1 aromatic rings. The van der Waals surface area contributed by atoms with Crippen LogP contribution in [0.5, 0.6) is 11.5 Å². The highest BCUT2D eigenvalue weighted by molar-refractivity contribution is 5.69. The highest BCUT2D eigenvalue weighted by atomic mass is 16.5. The van der Waals surface area contributed by atoms with Gasteiger partial charge in [0.25, 0.3) is 0 Å². The van der Waals surface area contributed by atoms with Crippen molar-refractivity contribution in [3.63, 3.8) is 0 Å². The summed E-state index contributed by atoms with van der Waals surface area (Å²) in [5.74, 6) is 1.49. The zero-order valence-corrected chi connectivity index (χ0v) is 10.9. The lowest BCUT2D eigenvalue weighted by molar-refractivity contribution is 0.254. The van der Waals surface area contributed by atoms with Gasteiger partial charge in [0.1, 0.15) is 35.3 Å². The normalized spacial score (nSPS) is 15.7. The van der Waals surface area contributed by atoms with Crippen molar-refractivity contribution in [2.75, 3.05) is 6.61 Å². The minimum atomic E-state index is 0.0481. The molecule has 0 saturated heterocycles. The summed E-state index contributed by atoms with van der Waals surface area (Å²) in [7, 11) is 0. The van der Waals surface area contributed by atoms with Crippen LogP contribution in [0.2, 0.25) is 0 Å². The van der Waals surface area contributed by atoms with Gasteiger partial charge in [0, 0.05) is 17.5 Å². The average molecular weight is 254 g/mol. The standard InChI is InChI=1S/C15H14N2O2/c1-3-18-14-6-12-4-10(2)19-15(12)7-13(14)5-11(8-16)9-17/h5-7,10H,3-4H2,1-2H3/t10-/m0/s1. The lowest BCUT2D eigenvalue weighted by Crippen LogP contribution is -2.05. The van der Waals surface area contributed by atoms with Crippen molar-refractivity contribution >= 4 is 6.08 Å². The SMILES string of the molecule is CCOc1cc2c(cc1C=C(C#N)C#N)O[C@@H](C)C2. The summed E-state index contributed by atoms with van der Waals surface area (Å²) in [5, 5.41) is 17.7. The van der Waals surface area contributed by atoms with Gasteiger partial charge < -0.3 is 9.47 Å². The van der Waals surface area contributed by atoms with Crippen molar-refractivity contribution in [2.45, 2.75) is 26.4 Å². The predicted octanol–water partition coefficient (Wildman–Crippen LogP) is 2.84. The molecule has 0 aromatic heterocycles. The topological polar surface area (TPSA) is 66.0 Å². The zero-order chi connectivity index (χ0) is 13.8. The Morgan fingerprint density at radius 3 is 2.84 bits per heavy atom. The molecule has 19 heavy (non-hydrogen) atoms. The van der Waals surface area contributed by atoms with Crippen LogP contribution in [0.4, 0.5) is 0 Å². The van der Waals surface area contributed by atoms with E-state index in [0.717, 1.165) is 17.7 Å². The molecular formula is C15H14N2O2. The smallest absolute Gasteiger partial charge is 0.130 e. The molecule has 1 heterocycles. The maximum Gasteiger partial charge on any atom is 0.130 e. The van der Waals surface area contributed by atoms with E-state index in [1.54, 1.807) is 0 Å². The first-order chi connectivity index (χ1) is 9.17. The first-order valence-corrected chi connectivity index (χ1v) is 6.16. The maximum absolute atomic E-state index is 8.83. The van der Waals surface area contributed by atoms with E-state index < -0.39 is 0 Å². The number of ether oxygens (including phenoxy) is 2. The van der Waals surface area contributed by atoms with E-state index in [1.165, 1.54) is 6.08 Å². The van der Waals surface area contributed by atoms with E-state index in [2.05, 4.69) is 0 Å². The van der Waals surface area contributed by atoms with E-state index in [4.69, 9.17) is 20.0 Å². The second kappa shape index (κ2) is 5.46. The number of rotatable bonds is 3. The molecule has 0 saturated carbocycles. The largest absolute Gasteiger partial charge is 0.493 e. The van der Waals surface area contributed by atoms with Crippen LogP contribution in [0.3, 0.4) is 0 Å². The Hall–Kier alpha value is -2.46. The molecule has 0 unspecified atom stereocenters. The van der Waals surface area contributed by atoms with Crippen molar-refractivity contribution in [3.05, 3.63) is 28.8 Å². The summed E-state index contributed by atoms with van der Waals surface area (Å²) in [4.78, 5) is 0. The molecule has 0 radical (unpaired) electrons. The molecule has 4 nitrogen and oxygen atoms in total. The van der Waals surface area contributed by atoms with Crippen LogP contribution in [-0.2, 0) is 6.42 Å². The van der Waals surface area contributed by atoms with Gasteiger partial charge in [-0.3, -0.25) is 0 Å². The molecule has 1 atom stereocenters. The number of fused-ring (bicyclic) bond motifs is 1. The van der Waals surface area contributed by atoms with Crippen molar-refractivity contribution in [1.82, 2.24) is 0 Å². The van der Waals surface area contributed by atoms with Crippen molar-refractivity contribution in [2.24, 2.45) is 0 Å². The molecule has 0 spiro atoms. The van der Waals surface area contributed by atoms with Gasteiger partial charge in [-0.05, 0) is 32.1 Å². The molecular weight excluding hydrogens is 240 g/mol. The summed E-state index contributed by atoms with van der Waals surface area (Å²) in [6, 6.07) is 7.46. The van der Waals surface area contributed by atoms with Gasteiger partial charge in [0.05, 0.1) is 6.61 Å². The molecule has 96 valence electrons. The Bertz CT molecular complexity index is 590.